The van der Waals surface area contributed by atoms with Gasteiger partial charge < -0.3 is 4.98 Å². The first-order valence-electron chi connectivity index (χ1n) is 6.22. The van der Waals surface area contributed by atoms with Crippen LogP contribution in [0.5, 0.6) is 0 Å². The lowest BCUT2D eigenvalue weighted by Crippen LogP contribution is -2.04. The summed E-state index contributed by atoms with van der Waals surface area (Å²) in [6.45, 7) is 0. The van der Waals surface area contributed by atoms with Crippen molar-refractivity contribution in [2.45, 2.75) is 12.6 Å². The highest BCUT2D eigenvalue weighted by molar-refractivity contribution is 6.30. The Morgan fingerprint density at radius 1 is 1.10 bits per heavy atom. The molecular formula is C15H10ClF3N2. The highest BCUT2D eigenvalue weighted by atomic mass is 35.5. The van der Waals surface area contributed by atoms with Gasteiger partial charge in [0.05, 0.1) is 16.6 Å². The summed E-state index contributed by atoms with van der Waals surface area (Å²) in [4.78, 5) is 7.22. The van der Waals surface area contributed by atoms with Crippen molar-refractivity contribution in [3.63, 3.8) is 0 Å². The number of imidazole rings is 1. The predicted molar refractivity (Wildman–Crippen MR) is 75.4 cm³/mol. The largest absolute Gasteiger partial charge is 0.416 e. The van der Waals surface area contributed by atoms with Gasteiger partial charge in [0.15, 0.2) is 0 Å². The van der Waals surface area contributed by atoms with Gasteiger partial charge in [-0.25, -0.2) is 4.98 Å². The SMILES string of the molecule is FC(F)(F)c1ccc2nc(Cc3cccc(Cl)c3)[nH]c2c1. The smallest absolute Gasteiger partial charge is 0.342 e. The number of aromatic amines is 1. The molecule has 0 spiro atoms. The molecule has 0 aliphatic heterocycles. The molecule has 1 heterocycles. The second-order valence-electron chi connectivity index (χ2n) is 4.72. The van der Waals surface area contributed by atoms with Crippen LogP contribution in [-0.4, -0.2) is 9.97 Å². The van der Waals surface area contributed by atoms with Gasteiger partial charge in [-0.05, 0) is 35.9 Å². The third kappa shape index (κ3) is 3.03. The number of aromatic nitrogens is 2. The van der Waals surface area contributed by atoms with E-state index in [1.54, 1.807) is 12.1 Å². The molecule has 2 aromatic carbocycles. The average Bonchev–Trinajstić information content (AvgIpc) is 2.78. The van der Waals surface area contributed by atoms with Crippen molar-refractivity contribution in [2.75, 3.05) is 0 Å². The fraction of sp³-hybridized carbons (Fsp3) is 0.133. The molecule has 3 aromatic rings. The van der Waals surface area contributed by atoms with Gasteiger partial charge in [-0.2, -0.15) is 13.2 Å². The van der Waals surface area contributed by atoms with Crippen LogP contribution in [0.2, 0.25) is 5.02 Å². The number of fused-ring (bicyclic) bond motifs is 1. The molecule has 0 radical (unpaired) electrons. The van der Waals surface area contributed by atoms with Gasteiger partial charge in [0, 0.05) is 11.4 Å². The fourth-order valence-corrected chi connectivity index (χ4v) is 2.38. The Morgan fingerprint density at radius 3 is 2.62 bits per heavy atom. The van der Waals surface area contributed by atoms with E-state index in [4.69, 9.17) is 11.6 Å². The molecule has 1 N–H and O–H groups in total. The zero-order valence-corrected chi connectivity index (χ0v) is 11.5. The molecule has 0 unspecified atom stereocenters. The summed E-state index contributed by atoms with van der Waals surface area (Å²) in [6.07, 6.45) is -3.87. The zero-order valence-electron chi connectivity index (χ0n) is 10.7. The molecule has 0 bridgehead atoms. The number of H-pyrrole nitrogens is 1. The van der Waals surface area contributed by atoms with Gasteiger partial charge in [-0.3, -0.25) is 0 Å². The molecule has 0 aliphatic carbocycles. The second kappa shape index (κ2) is 5.07. The molecule has 0 atom stereocenters. The van der Waals surface area contributed by atoms with E-state index in [9.17, 15) is 13.2 Å². The molecule has 0 fully saturated rings. The Bertz CT molecular complexity index is 793. The highest BCUT2D eigenvalue weighted by Crippen LogP contribution is 2.31. The maximum Gasteiger partial charge on any atom is 0.416 e. The molecule has 3 rings (SSSR count). The number of halogens is 4. The number of alkyl halides is 3. The number of rotatable bonds is 2. The number of nitrogens with zero attached hydrogens (tertiary/aromatic N) is 1. The normalized spacial score (nSPS) is 12.0. The Hall–Kier alpha value is -2.01. The fourth-order valence-electron chi connectivity index (χ4n) is 2.16. The van der Waals surface area contributed by atoms with Gasteiger partial charge in [0.1, 0.15) is 5.82 Å². The minimum absolute atomic E-state index is 0.377. The van der Waals surface area contributed by atoms with Crippen LogP contribution in [0.1, 0.15) is 17.0 Å². The zero-order chi connectivity index (χ0) is 15.0. The molecule has 0 amide bonds. The van der Waals surface area contributed by atoms with E-state index in [1.165, 1.54) is 6.07 Å². The van der Waals surface area contributed by atoms with Gasteiger partial charge in [-0.15, -0.1) is 0 Å². The van der Waals surface area contributed by atoms with E-state index in [0.717, 1.165) is 17.7 Å². The Labute approximate surface area is 123 Å². The summed E-state index contributed by atoms with van der Waals surface area (Å²) in [6, 6.07) is 10.8. The summed E-state index contributed by atoms with van der Waals surface area (Å²) in [7, 11) is 0. The topological polar surface area (TPSA) is 28.7 Å². The Morgan fingerprint density at radius 2 is 1.90 bits per heavy atom. The average molecular weight is 311 g/mol. The molecule has 108 valence electrons. The lowest BCUT2D eigenvalue weighted by atomic mass is 10.1. The standard InChI is InChI=1S/C15H10ClF3N2/c16-11-3-1-2-9(6-11)7-14-20-12-5-4-10(15(17,18)19)8-13(12)21-14/h1-6,8H,7H2,(H,20,21). The molecule has 0 aliphatic rings. The first kappa shape index (κ1) is 13.9. The van der Waals surface area contributed by atoms with E-state index < -0.39 is 11.7 Å². The van der Waals surface area contributed by atoms with Crippen LogP contribution in [0.4, 0.5) is 13.2 Å². The van der Waals surface area contributed by atoms with Crippen LogP contribution in [0.15, 0.2) is 42.5 Å². The van der Waals surface area contributed by atoms with Crippen molar-refractivity contribution in [2.24, 2.45) is 0 Å². The first-order chi connectivity index (χ1) is 9.91. The second-order valence-corrected chi connectivity index (χ2v) is 5.16. The van der Waals surface area contributed by atoms with Gasteiger partial charge >= 0.3 is 6.18 Å². The van der Waals surface area contributed by atoms with E-state index in [2.05, 4.69) is 9.97 Å². The quantitative estimate of drug-likeness (QED) is 0.722. The van der Waals surface area contributed by atoms with Crippen molar-refractivity contribution >= 4 is 22.6 Å². The monoisotopic (exact) mass is 310 g/mol. The maximum absolute atomic E-state index is 12.7. The summed E-state index contributed by atoms with van der Waals surface area (Å²) in [5, 5.41) is 0.614. The summed E-state index contributed by atoms with van der Waals surface area (Å²) in [5.41, 5.74) is 1.15. The molecule has 6 heteroatoms. The van der Waals surface area contributed by atoms with Crippen molar-refractivity contribution in [1.82, 2.24) is 9.97 Å². The van der Waals surface area contributed by atoms with Crippen LogP contribution in [0.25, 0.3) is 11.0 Å². The van der Waals surface area contributed by atoms with Crippen LogP contribution in [0, 0.1) is 0 Å². The van der Waals surface area contributed by atoms with Crippen molar-refractivity contribution in [1.29, 1.82) is 0 Å². The summed E-state index contributed by atoms with van der Waals surface area (Å²) in [5.74, 6) is 0.603. The van der Waals surface area contributed by atoms with Gasteiger partial charge in [-0.1, -0.05) is 23.7 Å². The molecular weight excluding hydrogens is 301 g/mol. The van der Waals surface area contributed by atoms with Crippen molar-refractivity contribution in [3.8, 4) is 0 Å². The maximum atomic E-state index is 12.7. The lowest BCUT2D eigenvalue weighted by Gasteiger charge is -2.05. The van der Waals surface area contributed by atoms with Crippen molar-refractivity contribution in [3.05, 3.63) is 64.4 Å². The minimum Gasteiger partial charge on any atom is -0.342 e. The molecule has 2 nitrogen and oxygen atoms in total. The lowest BCUT2D eigenvalue weighted by molar-refractivity contribution is -0.137. The molecule has 21 heavy (non-hydrogen) atoms. The molecule has 1 aromatic heterocycles. The van der Waals surface area contributed by atoms with Crippen molar-refractivity contribution < 1.29 is 13.2 Å². The van der Waals surface area contributed by atoms with Gasteiger partial charge in [0.25, 0.3) is 0 Å². The van der Waals surface area contributed by atoms with E-state index >= 15 is 0 Å². The number of hydrogen-bond donors (Lipinski definition) is 1. The van der Waals surface area contributed by atoms with Crippen LogP contribution >= 0.6 is 11.6 Å². The first-order valence-corrected chi connectivity index (χ1v) is 6.60. The molecule has 0 saturated carbocycles. The van der Waals surface area contributed by atoms with E-state index in [-0.39, 0.29) is 0 Å². The third-order valence-corrected chi connectivity index (χ3v) is 3.35. The van der Waals surface area contributed by atoms with Crippen LogP contribution < -0.4 is 0 Å². The minimum atomic E-state index is -4.35. The number of benzene rings is 2. The van der Waals surface area contributed by atoms with Gasteiger partial charge in [0.2, 0.25) is 0 Å². The molecule has 0 saturated heterocycles. The van der Waals surface area contributed by atoms with E-state index in [0.29, 0.717) is 28.3 Å². The summed E-state index contributed by atoms with van der Waals surface area (Å²) >= 11 is 5.91. The third-order valence-electron chi connectivity index (χ3n) is 3.12. The van der Waals surface area contributed by atoms with Crippen LogP contribution in [0.3, 0.4) is 0 Å². The number of nitrogens with one attached hydrogen (secondary N) is 1. The summed E-state index contributed by atoms with van der Waals surface area (Å²) < 4.78 is 38.0. The Balaban J connectivity index is 1.94. The number of hydrogen-bond acceptors (Lipinski definition) is 1. The van der Waals surface area contributed by atoms with Crippen LogP contribution in [-0.2, 0) is 12.6 Å². The van der Waals surface area contributed by atoms with E-state index in [1.807, 2.05) is 12.1 Å². The highest BCUT2D eigenvalue weighted by Gasteiger charge is 2.30. The predicted octanol–water partition coefficient (Wildman–Crippen LogP) is 4.83. The Kier molecular flexibility index (Phi) is 3.37.